The Balaban J connectivity index is 3.85. The third kappa shape index (κ3) is 6.43. The molecule has 0 aromatic heterocycles. The molecule has 0 spiro atoms. The van der Waals surface area contributed by atoms with Crippen LogP contribution in [0, 0.1) is 0 Å². The van der Waals surface area contributed by atoms with E-state index < -0.39 is 16.1 Å². The molecule has 1 amide bonds. The monoisotopic (exact) mass is 237 g/mol. The molecule has 1 atom stereocenters. The van der Waals surface area contributed by atoms with Crippen LogP contribution in [0.2, 0.25) is 0 Å². The summed E-state index contributed by atoms with van der Waals surface area (Å²) in [5, 5.41) is 2.46. The van der Waals surface area contributed by atoms with Crippen LogP contribution in [0.15, 0.2) is 0 Å². The van der Waals surface area contributed by atoms with Gasteiger partial charge < -0.3 is 11.1 Å². The fourth-order valence-electron chi connectivity index (χ4n) is 0.917. The van der Waals surface area contributed by atoms with Crippen molar-refractivity contribution in [3.05, 3.63) is 0 Å². The lowest BCUT2D eigenvalue weighted by molar-refractivity contribution is -0.122. The molecule has 0 aliphatic rings. The summed E-state index contributed by atoms with van der Waals surface area (Å²) >= 11 is 0. The third-order valence-corrected chi connectivity index (χ3v) is 3.28. The Labute approximate surface area is 90.7 Å². The molecule has 6 nitrogen and oxygen atoms in total. The van der Waals surface area contributed by atoms with Gasteiger partial charge in [-0.25, -0.2) is 13.1 Å². The number of carbonyl (C=O) groups is 1. The van der Waals surface area contributed by atoms with Gasteiger partial charge >= 0.3 is 0 Å². The van der Waals surface area contributed by atoms with Gasteiger partial charge in [-0.05, 0) is 6.42 Å². The van der Waals surface area contributed by atoms with Crippen LogP contribution in [0.25, 0.3) is 0 Å². The van der Waals surface area contributed by atoms with Crippen LogP contribution in [0.5, 0.6) is 0 Å². The molecular weight excluding hydrogens is 218 g/mol. The molecule has 15 heavy (non-hydrogen) atoms. The van der Waals surface area contributed by atoms with E-state index in [0.29, 0.717) is 13.0 Å². The van der Waals surface area contributed by atoms with Crippen molar-refractivity contribution in [2.24, 2.45) is 5.73 Å². The number of hydrogen-bond acceptors (Lipinski definition) is 4. The summed E-state index contributed by atoms with van der Waals surface area (Å²) in [5.41, 5.74) is 5.45. The van der Waals surface area contributed by atoms with Gasteiger partial charge in [0.2, 0.25) is 15.9 Å². The van der Waals surface area contributed by atoms with E-state index in [9.17, 15) is 13.2 Å². The summed E-state index contributed by atoms with van der Waals surface area (Å²) in [7, 11) is -3.27. The van der Waals surface area contributed by atoms with Crippen molar-refractivity contribution in [3.8, 4) is 0 Å². The van der Waals surface area contributed by atoms with Crippen molar-refractivity contribution in [2.75, 3.05) is 18.8 Å². The summed E-state index contributed by atoms with van der Waals surface area (Å²) in [6.45, 7) is 3.93. The number of nitrogens with two attached hydrogens (primary N) is 1. The average Bonchev–Trinajstić information content (AvgIpc) is 2.15. The first-order valence-corrected chi connectivity index (χ1v) is 6.58. The highest BCUT2D eigenvalue weighted by Gasteiger charge is 2.12. The van der Waals surface area contributed by atoms with Gasteiger partial charge in [0.1, 0.15) is 0 Å². The van der Waals surface area contributed by atoms with Gasteiger partial charge in [-0.1, -0.05) is 13.8 Å². The number of sulfonamides is 1. The molecule has 0 unspecified atom stereocenters. The number of hydrogen-bond donors (Lipinski definition) is 3. The van der Waals surface area contributed by atoms with Gasteiger partial charge in [-0.15, -0.1) is 0 Å². The first-order chi connectivity index (χ1) is 6.93. The maximum Gasteiger partial charge on any atom is 0.236 e. The molecule has 0 aliphatic carbocycles. The van der Waals surface area contributed by atoms with Gasteiger partial charge in [0.15, 0.2) is 0 Å². The Morgan fingerprint density at radius 2 is 2.00 bits per heavy atom. The minimum atomic E-state index is -3.27. The van der Waals surface area contributed by atoms with E-state index in [4.69, 9.17) is 5.73 Å². The summed E-state index contributed by atoms with van der Waals surface area (Å²) in [5.74, 6) is -0.438. The number of nitrogens with one attached hydrogen (secondary N) is 2. The predicted molar refractivity (Wildman–Crippen MR) is 58.7 cm³/mol. The van der Waals surface area contributed by atoms with E-state index in [1.807, 2.05) is 0 Å². The highest BCUT2D eigenvalue weighted by Crippen LogP contribution is 1.86. The van der Waals surface area contributed by atoms with Crippen LogP contribution in [0.1, 0.15) is 20.3 Å². The molecule has 0 heterocycles. The average molecular weight is 237 g/mol. The Morgan fingerprint density at radius 1 is 1.40 bits per heavy atom. The van der Waals surface area contributed by atoms with Crippen molar-refractivity contribution < 1.29 is 13.2 Å². The molecule has 90 valence electrons. The zero-order valence-electron chi connectivity index (χ0n) is 9.12. The topological polar surface area (TPSA) is 101 Å². The standard InChI is InChI=1S/C8H19N3O3S/c1-3-7(9)8(12)10-5-6-15(13,14)11-4-2/h7,11H,3-6,9H2,1-2H3,(H,10,12)/t7-/m1/s1. The van der Waals surface area contributed by atoms with Crippen molar-refractivity contribution in [2.45, 2.75) is 26.3 Å². The van der Waals surface area contributed by atoms with Gasteiger partial charge in [0.05, 0.1) is 11.8 Å². The van der Waals surface area contributed by atoms with Crippen LogP contribution in [0.3, 0.4) is 0 Å². The number of rotatable bonds is 7. The summed E-state index contributed by atoms with van der Waals surface area (Å²) < 4.78 is 24.6. The molecule has 0 rings (SSSR count). The summed E-state index contributed by atoms with van der Waals surface area (Å²) in [6.07, 6.45) is 0.534. The minimum Gasteiger partial charge on any atom is -0.354 e. The molecule has 4 N–H and O–H groups in total. The number of amides is 1. The van der Waals surface area contributed by atoms with E-state index in [0.717, 1.165) is 0 Å². The first kappa shape index (κ1) is 14.3. The van der Waals surface area contributed by atoms with Crippen molar-refractivity contribution in [1.82, 2.24) is 10.0 Å². The van der Waals surface area contributed by atoms with Gasteiger partial charge in [0.25, 0.3) is 0 Å². The quantitative estimate of drug-likeness (QED) is 0.516. The van der Waals surface area contributed by atoms with Crippen LogP contribution >= 0.6 is 0 Å². The molecule has 7 heteroatoms. The molecule has 0 aromatic carbocycles. The highest BCUT2D eigenvalue weighted by molar-refractivity contribution is 7.89. The lowest BCUT2D eigenvalue weighted by Crippen LogP contribution is -2.42. The molecule has 0 radical (unpaired) electrons. The lowest BCUT2D eigenvalue weighted by atomic mass is 10.2. The maximum atomic E-state index is 11.2. The molecule has 0 saturated carbocycles. The summed E-state index contributed by atoms with van der Waals surface area (Å²) in [4.78, 5) is 11.2. The third-order valence-electron chi connectivity index (χ3n) is 1.81. The van der Waals surface area contributed by atoms with E-state index in [1.54, 1.807) is 13.8 Å². The molecule has 0 fully saturated rings. The molecule has 0 aromatic rings. The Kier molecular flexibility index (Phi) is 6.46. The van der Waals surface area contributed by atoms with E-state index >= 15 is 0 Å². The molecular formula is C8H19N3O3S. The zero-order chi connectivity index (χ0) is 11.9. The van der Waals surface area contributed by atoms with Crippen molar-refractivity contribution in [1.29, 1.82) is 0 Å². The van der Waals surface area contributed by atoms with E-state index in [1.165, 1.54) is 0 Å². The second kappa shape index (κ2) is 6.76. The van der Waals surface area contributed by atoms with E-state index in [2.05, 4.69) is 10.0 Å². The fourth-order valence-corrected chi connectivity index (χ4v) is 1.87. The number of carbonyl (C=O) groups excluding carboxylic acids is 1. The zero-order valence-corrected chi connectivity index (χ0v) is 9.93. The Morgan fingerprint density at radius 3 is 2.47 bits per heavy atom. The summed E-state index contributed by atoms with van der Waals surface area (Å²) in [6, 6.07) is -0.563. The lowest BCUT2D eigenvalue weighted by Gasteiger charge is -2.10. The molecule has 0 aliphatic heterocycles. The second-order valence-corrected chi connectivity index (χ2v) is 5.05. The largest absolute Gasteiger partial charge is 0.354 e. The second-order valence-electron chi connectivity index (χ2n) is 3.12. The SMILES string of the molecule is CCNS(=O)(=O)CCNC(=O)[C@H](N)CC. The van der Waals surface area contributed by atoms with Crippen LogP contribution < -0.4 is 15.8 Å². The van der Waals surface area contributed by atoms with Gasteiger partial charge in [-0.2, -0.15) is 0 Å². The van der Waals surface area contributed by atoms with Crippen LogP contribution in [0.4, 0.5) is 0 Å². The maximum absolute atomic E-state index is 11.2. The van der Waals surface area contributed by atoms with Crippen molar-refractivity contribution >= 4 is 15.9 Å². The minimum absolute atomic E-state index is 0.0852. The molecule has 0 bridgehead atoms. The van der Waals surface area contributed by atoms with Crippen LogP contribution in [-0.2, 0) is 14.8 Å². The normalized spacial score (nSPS) is 13.5. The smallest absolute Gasteiger partial charge is 0.236 e. The van der Waals surface area contributed by atoms with Gasteiger partial charge in [0, 0.05) is 13.1 Å². The highest BCUT2D eigenvalue weighted by atomic mass is 32.2. The van der Waals surface area contributed by atoms with Crippen molar-refractivity contribution in [3.63, 3.8) is 0 Å². The van der Waals surface area contributed by atoms with E-state index in [-0.39, 0.29) is 18.2 Å². The first-order valence-electron chi connectivity index (χ1n) is 4.93. The van der Waals surface area contributed by atoms with Gasteiger partial charge in [-0.3, -0.25) is 4.79 Å². The predicted octanol–water partition coefficient (Wildman–Crippen LogP) is -1.22. The Hall–Kier alpha value is -0.660. The Bertz CT molecular complexity index is 290. The molecule has 0 saturated heterocycles. The fraction of sp³-hybridized carbons (Fsp3) is 0.875. The van der Waals surface area contributed by atoms with Crippen LogP contribution in [-0.4, -0.2) is 39.2 Å².